The third kappa shape index (κ3) is 3.04. The third-order valence-corrected chi connectivity index (χ3v) is 5.60. The highest BCUT2D eigenvalue weighted by Crippen LogP contribution is 2.47. The van der Waals surface area contributed by atoms with Crippen molar-refractivity contribution in [3.8, 4) is 0 Å². The molecule has 1 amide bonds. The van der Waals surface area contributed by atoms with Crippen LogP contribution in [0.15, 0.2) is 53.5 Å². The van der Waals surface area contributed by atoms with Gasteiger partial charge in [-0.2, -0.15) is 5.10 Å². The lowest BCUT2D eigenvalue weighted by molar-refractivity contribution is 0.0941. The van der Waals surface area contributed by atoms with Gasteiger partial charge in [-0.25, -0.2) is 4.98 Å². The smallest absolute Gasteiger partial charge is 0.273 e. The van der Waals surface area contributed by atoms with E-state index >= 15 is 0 Å². The van der Waals surface area contributed by atoms with E-state index < -0.39 is 0 Å². The first-order valence-electron chi connectivity index (χ1n) is 9.28. The summed E-state index contributed by atoms with van der Waals surface area (Å²) in [5.74, 6) is 1.40. The minimum atomic E-state index is -0.178. The fourth-order valence-electron chi connectivity index (χ4n) is 4.22. The number of carbonyl (C=O) groups is 1. The molecule has 0 spiro atoms. The first-order valence-corrected chi connectivity index (χ1v) is 9.28. The minimum absolute atomic E-state index is 0.178. The number of amides is 1. The van der Waals surface area contributed by atoms with E-state index in [1.54, 1.807) is 6.20 Å². The molecule has 2 aliphatic heterocycles. The van der Waals surface area contributed by atoms with E-state index in [9.17, 15) is 4.79 Å². The number of hydrogen-bond acceptors (Lipinski definition) is 5. The standard InChI is InChI=1S/C20H21N5O2/c26-20(18-19(27-12-23-18)17-15-8-16(17)21-10-15)22-9-13-3-1-4-14(7-13)11-25-6-2-5-24-25/h1-7,12,15-17,21H,8-11H2,(H,22,26). The second-order valence-electron chi connectivity index (χ2n) is 7.31. The van der Waals surface area contributed by atoms with Crippen LogP contribution < -0.4 is 10.6 Å². The number of oxazole rings is 1. The zero-order valence-corrected chi connectivity index (χ0v) is 14.8. The Labute approximate surface area is 156 Å². The quantitative estimate of drug-likeness (QED) is 0.699. The average Bonchev–Trinajstić information content (AvgIpc) is 3.43. The number of benzene rings is 1. The molecule has 1 aliphatic carbocycles. The van der Waals surface area contributed by atoms with Crippen molar-refractivity contribution in [3.63, 3.8) is 0 Å². The van der Waals surface area contributed by atoms with Crippen LogP contribution in [0, 0.1) is 5.92 Å². The maximum atomic E-state index is 12.7. The third-order valence-electron chi connectivity index (χ3n) is 5.60. The van der Waals surface area contributed by atoms with Crippen molar-refractivity contribution in [1.29, 1.82) is 0 Å². The van der Waals surface area contributed by atoms with E-state index in [0.29, 0.717) is 30.7 Å². The van der Waals surface area contributed by atoms with E-state index in [-0.39, 0.29) is 11.8 Å². The normalized spacial score (nSPS) is 23.2. The molecule has 2 bridgehead atoms. The van der Waals surface area contributed by atoms with Crippen molar-refractivity contribution < 1.29 is 9.21 Å². The van der Waals surface area contributed by atoms with Crippen LogP contribution in [0.5, 0.6) is 0 Å². The molecule has 1 saturated carbocycles. The number of hydrogen-bond donors (Lipinski definition) is 2. The lowest BCUT2D eigenvalue weighted by Crippen LogP contribution is -2.36. The largest absolute Gasteiger partial charge is 0.447 e. The second kappa shape index (κ2) is 6.66. The first-order chi connectivity index (χ1) is 13.3. The fourth-order valence-corrected chi connectivity index (χ4v) is 4.22. The summed E-state index contributed by atoms with van der Waals surface area (Å²) in [7, 11) is 0. The summed E-state index contributed by atoms with van der Waals surface area (Å²) in [5, 5.41) is 10.7. The molecule has 6 rings (SSSR count). The maximum Gasteiger partial charge on any atom is 0.273 e. The Bertz CT molecular complexity index is 935. The Kier molecular flexibility index (Phi) is 4.01. The van der Waals surface area contributed by atoms with Gasteiger partial charge in [-0.3, -0.25) is 9.48 Å². The lowest BCUT2D eigenvalue weighted by atomic mass is 9.72. The molecule has 1 aromatic carbocycles. The second-order valence-corrected chi connectivity index (χ2v) is 7.31. The van der Waals surface area contributed by atoms with Gasteiger partial charge in [0.25, 0.3) is 5.91 Å². The van der Waals surface area contributed by atoms with Gasteiger partial charge in [-0.1, -0.05) is 24.3 Å². The van der Waals surface area contributed by atoms with E-state index in [4.69, 9.17) is 4.42 Å². The summed E-state index contributed by atoms with van der Waals surface area (Å²) in [6, 6.07) is 10.5. The zero-order valence-electron chi connectivity index (χ0n) is 14.8. The topological polar surface area (TPSA) is 85.0 Å². The van der Waals surface area contributed by atoms with Crippen LogP contribution in [0.2, 0.25) is 0 Å². The minimum Gasteiger partial charge on any atom is -0.447 e. The Morgan fingerprint density at radius 3 is 3.04 bits per heavy atom. The fraction of sp³-hybridized carbons (Fsp3) is 0.350. The van der Waals surface area contributed by atoms with Crippen LogP contribution in [-0.4, -0.2) is 33.3 Å². The van der Waals surface area contributed by atoms with Crippen LogP contribution in [0.4, 0.5) is 0 Å². The SMILES string of the molecule is O=C(NCc1cccc(Cn2cccn2)c1)c1ncoc1C1C2CNC1C2. The van der Waals surface area contributed by atoms with E-state index in [0.717, 1.165) is 29.9 Å². The molecule has 138 valence electrons. The highest BCUT2D eigenvalue weighted by atomic mass is 16.3. The molecule has 3 aliphatic rings. The molecule has 0 radical (unpaired) electrons. The number of fused-ring (bicyclic) bond motifs is 1. The molecular formula is C20H21N5O2. The molecule has 4 heterocycles. The monoisotopic (exact) mass is 363 g/mol. The molecule has 3 unspecified atom stereocenters. The molecule has 7 heteroatoms. The lowest BCUT2D eigenvalue weighted by Gasteiger charge is -2.32. The summed E-state index contributed by atoms with van der Waals surface area (Å²) in [5.41, 5.74) is 2.61. The predicted octanol–water partition coefficient (Wildman–Crippen LogP) is 1.92. The Hall–Kier alpha value is -2.93. The Balaban J connectivity index is 1.24. The number of rotatable bonds is 6. The predicted molar refractivity (Wildman–Crippen MR) is 98.1 cm³/mol. The van der Waals surface area contributed by atoms with Crippen LogP contribution in [0.25, 0.3) is 0 Å². The molecule has 27 heavy (non-hydrogen) atoms. The van der Waals surface area contributed by atoms with Crippen LogP contribution in [0.3, 0.4) is 0 Å². The summed E-state index contributed by atoms with van der Waals surface area (Å²) in [4.78, 5) is 16.8. The highest BCUT2D eigenvalue weighted by molar-refractivity contribution is 5.93. The highest BCUT2D eigenvalue weighted by Gasteiger charge is 2.50. The van der Waals surface area contributed by atoms with Crippen molar-refractivity contribution in [3.05, 3.63) is 71.7 Å². The van der Waals surface area contributed by atoms with Crippen molar-refractivity contribution >= 4 is 5.91 Å². The van der Waals surface area contributed by atoms with Crippen molar-refractivity contribution in [2.75, 3.05) is 6.54 Å². The van der Waals surface area contributed by atoms with Crippen molar-refractivity contribution in [1.82, 2.24) is 25.4 Å². The van der Waals surface area contributed by atoms with Gasteiger partial charge in [-0.15, -0.1) is 0 Å². The van der Waals surface area contributed by atoms with Gasteiger partial charge in [0.15, 0.2) is 12.1 Å². The van der Waals surface area contributed by atoms with Gasteiger partial charge in [0.2, 0.25) is 0 Å². The summed E-state index contributed by atoms with van der Waals surface area (Å²) < 4.78 is 7.45. The van der Waals surface area contributed by atoms with Crippen LogP contribution >= 0.6 is 0 Å². The summed E-state index contributed by atoms with van der Waals surface area (Å²) >= 11 is 0. The van der Waals surface area contributed by atoms with Gasteiger partial charge >= 0.3 is 0 Å². The Morgan fingerprint density at radius 2 is 2.26 bits per heavy atom. The summed E-state index contributed by atoms with van der Waals surface area (Å²) in [6.45, 7) is 2.16. The zero-order chi connectivity index (χ0) is 18.2. The molecule has 7 nitrogen and oxygen atoms in total. The maximum absolute atomic E-state index is 12.7. The molecule has 3 atom stereocenters. The Morgan fingerprint density at radius 1 is 1.33 bits per heavy atom. The van der Waals surface area contributed by atoms with Gasteiger partial charge < -0.3 is 15.1 Å². The number of nitrogens with zero attached hydrogens (tertiary/aromatic N) is 3. The van der Waals surface area contributed by atoms with Crippen molar-refractivity contribution in [2.45, 2.75) is 31.5 Å². The van der Waals surface area contributed by atoms with E-state index in [1.807, 2.05) is 29.1 Å². The molecule has 3 aromatic rings. The number of nitrogens with one attached hydrogen (secondary N) is 2. The average molecular weight is 363 g/mol. The molecule has 2 aromatic heterocycles. The first kappa shape index (κ1) is 16.3. The molecule has 2 saturated heterocycles. The van der Waals surface area contributed by atoms with E-state index in [1.165, 1.54) is 6.39 Å². The van der Waals surface area contributed by atoms with Gasteiger partial charge in [0.05, 0.1) is 6.54 Å². The van der Waals surface area contributed by atoms with Crippen LogP contribution in [0.1, 0.15) is 39.7 Å². The molecule has 3 fully saturated rings. The summed E-state index contributed by atoms with van der Waals surface area (Å²) in [6.07, 6.45) is 6.24. The van der Waals surface area contributed by atoms with Gasteiger partial charge in [0.1, 0.15) is 5.76 Å². The molecular weight excluding hydrogens is 342 g/mol. The number of aromatic nitrogens is 3. The van der Waals surface area contributed by atoms with Gasteiger partial charge in [0, 0.05) is 30.9 Å². The molecule has 2 N–H and O–H groups in total. The van der Waals surface area contributed by atoms with Crippen LogP contribution in [-0.2, 0) is 13.1 Å². The van der Waals surface area contributed by atoms with E-state index in [2.05, 4.69) is 32.8 Å². The van der Waals surface area contributed by atoms with Crippen molar-refractivity contribution in [2.24, 2.45) is 5.92 Å². The van der Waals surface area contributed by atoms with Gasteiger partial charge in [-0.05, 0) is 36.1 Å². The number of carbonyl (C=O) groups excluding carboxylic acids is 1.